The lowest BCUT2D eigenvalue weighted by Gasteiger charge is -2.29. The second kappa shape index (κ2) is 5.14. The fourth-order valence-corrected chi connectivity index (χ4v) is 2.28. The van der Waals surface area contributed by atoms with Crippen molar-refractivity contribution in [3.63, 3.8) is 0 Å². The molecule has 0 bridgehead atoms. The Morgan fingerprint density at radius 3 is 2.81 bits per heavy atom. The maximum atomic E-state index is 8.98. The average Bonchev–Trinajstić information content (AvgIpc) is 2.35. The molecule has 2 nitrogen and oxygen atoms in total. The minimum Gasteiger partial charge on any atom is -0.297 e. The molecule has 0 saturated heterocycles. The standard InChI is InChI=1S/C14H18N2/c1-2-12(9-15)10-16-8-7-13-5-3-4-6-14(13)11-16/h3-6,12H,2,7-8,10-11H2,1H3. The smallest absolute Gasteiger partial charge is 0.0669 e. The first kappa shape index (κ1) is 11.2. The van der Waals surface area contributed by atoms with E-state index in [2.05, 4.69) is 42.2 Å². The molecule has 0 aliphatic carbocycles. The Morgan fingerprint density at radius 1 is 1.38 bits per heavy atom. The van der Waals surface area contributed by atoms with Crippen LogP contribution in [-0.2, 0) is 13.0 Å². The fraction of sp³-hybridized carbons (Fsp3) is 0.500. The van der Waals surface area contributed by atoms with Crippen LogP contribution in [0.5, 0.6) is 0 Å². The summed E-state index contributed by atoms with van der Waals surface area (Å²) in [6.07, 6.45) is 2.08. The van der Waals surface area contributed by atoms with E-state index in [0.29, 0.717) is 0 Å². The first-order valence-corrected chi connectivity index (χ1v) is 6.02. The highest BCUT2D eigenvalue weighted by Gasteiger charge is 2.18. The predicted octanol–water partition coefficient (Wildman–Crippen LogP) is 2.59. The molecule has 84 valence electrons. The monoisotopic (exact) mass is 214 g/mol. The number of benzene rings is 1. The molecule has 0 radical (unpaired) electrons. The van der Waals surface area contributed by atoms with Crippen LogP contribution in [0.25, 0.3) is 0 Å². The van der Waals surface area contributed by atoms with Crippen LogP contribution in [0, 0.1) is 17.2 Å². The number of fused-ring (bicyclic) bond motifs is 1. The van der Waals surface area contributed by atoms with E-state index in [1.165, 1.54) is 11.1 Å². The number of nitrogens with zero attached hydrogens (tertiary/aromatic N) is 2. The summed E-state index contributed by atoms with van der Waals surface area (Å²) in [5.74, 6) is 0.185. The third-order valence-electron chi connectivity index (χ3n) is 3.36. The van der Waals surface area contributed by atoms with Crippen molar-refractivity contribution in [1.82, 2.24) is 4.90 Å². The number of hydrogen-bond donors (Lipinski definition) is 0. The molecule has 0 fully saturated rings. The van der Waals surface area contributed by atoms with E-state index in [-0.39, 0.29) is 5.92 Å². The lowest BCUT2D eigenvalue weighted by molar-refractivity contribution is 0.230. The van der Waals surface area contributed by atoms with Crippen molar-refractivity contribution in [3.05, 3.63) is 35.4 Å². The Labute approximate surface area is 97.5 Å². The van der Waals surface area contributed by atoms with Gasteiger partial charge in [0.15, 0.2) is 0 Å². The molecule has 1 aliphatic heterocycles. The summed E-state index contributed by atoms with van der Waals surface area (Å²) in [6.45, 7) is 5.11. The number of hydrogen-bond acceptors (Lipinski definition) is 2. The minimum atomic E-state index is 0.185. The molecule has 0 N–H and O–H groups in total. The molecule has 1 aliphatic rings. The van der Waals surface area contributed by atoms with E-state index < -0.39 is 0 Å². The normalized spacial score (nSPS) is 17.5. The van der Waals surface area contributed by atoms with Gasteiger partial charge in [-0.25, -0.2) is 0 Å². The summed E-state index contributed by atoms with van der Waals surface area (Å²) in [7, 11) is 0. The summed E-state index contributed by atoms with van der Waals surface area (Å²) in [5, 5.41) is 8.98. The average molecular weight is 214 g/mol. The molecule has 1 atom stereocenters. The van der Waals surface area contributed by atoms with E-state index in [9.17, 15) is 0 Å². The topological polar surface area (TPSA) is 27.0 Å². The quantitative estimate of drug-likeness (QED) is 0.773. The molecule has 1 aromatic rings. The van der Waals surface area contributed by atoms with Crippen LogP contribution in [0.15, 0.2) is 24.3 Å². The Kier molecular flexibility index (Phi) is 3.58. The van der Waals surface area contributed by atoms with Gasteiger partial charge in [0.05, 0.1) is 12.0 Å². The SMILES string of the molecule is CCC(C#N)CN1CCc2ccccc2C1. The van der Waals surface area contributed by atoms with E-state index in [0.717, 1.165) is 32.5 Å². The lowest BCUT2D eigenvalue weighted by Crippen LogP contribution is -2.34. The van der Waals surface area contributed by atoms with Crippen LogP contribution in [0.1, 0.15) is 24.5 Å². The van der Waals surface area contributed by atoms with Gasteiger partial charge in [-0.3, -0.25) is 4.90 Å². The summed E-state index contributed by atoms with van der Waals surface area (Å²) in [5.41, 5.74) is 2.91. The largest absolute Gasteiger partial charge is 0.297 e. The van der Waals surface area contributed by atoms with Gasteiger partial charge in [0.25, 0.3) is 0 Å². The van der Waals surface area contributed by atoms with Gasteiger partial charge in [0, 0.05) is 19.6 Å². The van der Waals surface area contributed by atoms with Crippen molar-refractivity contribution < 1.29 is 0 Å². The summed E-state index contributed by atoms with van der Waals surface area (Å²) >= 11 is 0. The Hall–Kier alpha value is -1.33. The molecule has 0 saturated carbocycles. The first-order valence-electron chi connectivity index (χ1n) is 6.02. The van der Waals surface area contributed by atoms with Crippen LogP contribution in [0.4, 0.5) is 0 Å². The molecule has 1 unspecified atom stereocenters. The van der Waals surface area contributed by atoms with Crippen LogP contribution in [0.2, 0.25) is 0 Å². The third-order valence-corrected chi connectivity index (χ3v) is 3.36. The highest BCUT2D eigenvalue weighted by Crippen LogP contribution is 2.19. The zero-order chi connectivity index (χ0) is 11.4. The van der Waals surface area contributed by atoms with Crippen LogP contribution < -0.4 is 0 Å². The zero-order valence-corrected chi connectivity index (χ0v) is 9.82. The summed E-state index contributed by atoms with van der Waals surface area (Å²) < 4.78 is 0. The molecular weight excluding hydrogens is 196 g/mol. The minimum absolute atomic E-state index is 0.185. The molecule has 1 heterocycles. The van der Waals surface area contributed by atoms with E-state index in [1.54, 1.807) is 0 Å². The van der Waals surface area contributed by atoms with Crippen LogP contribution >= 0.6 is 0 Å². The Morgan fingerprint density at radius 2 is 2.12 bits per heavy atom. The summed E-state index contributed by atoms with van der Waals surface area (Å²) in [4.78, 5) is 2.40. The van der Waals surface area contributed by atoms with Crippen LogP contribution in [-0.4, -0.2) is 18.0 Å². The maximum Gasteiger partial charge on any atom is 0.0669 e. The van der Waals surface area contributed by atoms with Gasteiger partial charge >= 0.3 is 0 Å². The molecule has 0 aromatic heterocycles. The second-order valence-electron chi connectivity index (χ2n) is 4.49. The van der Waals surface area contributed by atoms with Crippen molar-refractivity contribution in [2.75, 3.05) is 13.1 Å². The third kappa shape index (κ3) is 2.43. The molecule has 16 heavy (non-hydrogen) atoms. The molecule has 1 aromatic carbocycles. The van der Waals surface area contributed by atoms with Gasteiger partial charge in [-0.2, -0.15) is 5.26 Å². The second-order valence-corrected chi connectivity index (χ2v) is 4.49. The number of rotatable bonds is 3. The van der Waals surface area contributed by atoms with Gasteiger partial charge in [-0.15, -0.1) is 0 Å². The van der Waals surface area contributed by atoms with E-state index in [4.69, 9.17) is 5.26 Å². The van der Waals surface area contributed by atoms with Gasteiger partial charge in [0.1, 0.15) is 0 Å². The van der Waals surface area contributed by atoms with Gasteiger partial charge in [-0.05, 0) is 24.0 Å². The lowest BCUT2D eigenvalue weighted by atomic mass is 9.98. The van der Waals surface area contributed by atoms with Crippen molar-refractivity contribution in [2.45, 2.75) is 26.3 Å². The highest BCUT2D eigenvalue weighted by atomic mass is 15.1. The Bertz CT molecular complexity index is 392. The van der Waals surface area contributed by atoms with Crippen molar-refractivity contribution in [2.24, 2.45) is 5.92 Å². The van der Waals surface area contributed by atoms with Gasteiger partial charge in [0.2, 0.25) is 0 Å². The first-order chi connectivity index (χ1) is 7.83. The Balaban J connectivity index is 2.00. The van der Waals surface area contributed by atoms with Gasteiger partial charge in [-0.1, -0.05) is 31.2 Å². The summed E-state index contributed by atoms with van der Waals surface area (Å²) in [6, 6.07) is 11.0. The predicted molar refractivity (Wildman–Crippen MR) is 64.8 cm³/mol. The fourth-order valence-electron chi connectivity index (χ4n) is 2.28. The van der Waals surface area contributed by atoms with Crippen molar-refractivity contribution in [3.8, 4) is 6.07 Å². The molecular formula is C14H18N2. The molecule has 0 amide bonds. The van der Waals surface area contributed by atoms with E-state index in [1.807, 2.05) is 0 Å². The molecule has 2 heteroatoms. The van der Waals surface area contributed by atoms with Crippen LogP contribution in [0.3, 0.4) is 0 Å². The van der Waals surface area contributed by atoms with Crippen molar-refractivity contribution in [1.29, 1.82) is 5.26 Å². The molecule has 0 spiro atoms. The maximum absolute atomic E-state index is 8.98. The van der Waals surface area contributed by atoms with Gasteiger partial charge < -0.3 is 0 Å². The zero-order valence-electron chi connectivity index (χ0n) is 9.82. The van der Waals surface area contributed by atoms with E-state index >= 15 is 0 Å². The highest BCUT2D eigenvalue weighted by molar-refractivity contribution is 5.29. The van der Waals surface area contributed by atoms with Crippen molar-refractivity contribution >= 4 is 0 Å². The molecule has 2 rings (SSSR count). The number of nitriles is 1.